The molecule has 1 fully saturated rings. The summed E-state index contributed by atoms with van der Waals surface area (Å²) in [6.45, 7) is 1.84. The van der Waals surface area contributed by atoms with Crippen LogP contribution in [0, 0.1) is 11.7 Å². The molecule has 1 aromatic rings. The van der Waals surface area contributed by atoms with Crippen molar-refractivity contribution in [3.8, 4) is 0 Å². The van der Waals surface area contributed by atoms with E-state index in [0.29, 0.717) is 18.0 Å². The predicted octanol–water partition coefficient (Wildman–Crippen LogP) is 2.55. The summed E-state index contributed by atoms with van der Waals surface area (Å²) in [5, 5.41) is 3.22. The lowest BCUT2D eigenvalue weighted by molar-refractivity contribution is -0.119. The number of nitrogens with zero attached hydrogens (tertiary/aromatic N) is 1. The topological polar surface area (TPSA) is 32.3 Å². The standard InChI is InChI=1S/C13H16BrFN2O/c1-17(12-7-10(14)2-3-11(12)15)13(18)6-9-4-5-16-8-9/h2-3,7,9,16H,4-6,8H2,1H3. The first kappa shape index (κ1) is 13.5. The van der Waals surface area contributed by atoms with E-state index in [1.807, 2.05) is 0 Å². The van der Waals surface area contributed by atoms with Crippen molar-refractivity contribution >= 4 is 27.5 Å². The first-order valence-electron chi connectivity index (χ1n) is 6.00. The number of nitrogens with one attached hydrogen (secondary N) is 1. The molecule has 98 valence electrons. The van der Waals surface area contributed by atoms with Crippen LogP contribution in [0.3, 0.4) is 0 Å². The molecule has 1 aliphatic heterocycles. The molecule has 18 heavy (non-hydrogen) atoms. The van der Waals surface area contributed by atoms with Crippen molar-refractivity contribution in [2.45, 2.75) is 12.8 Å². The van der Waals surface area contributed by atoms with Crippen molar-refractivity contribution < 1.29 is 9.18 Å². The van der Waals surface area contributed by atoms with Crippen LogP contribution in [0.5, 0.6) is 0 Å². The van der Waals surface area contributed by atoms with Crippen LogP contribution in [-0.4, -0.2) is 26.0 Å². The van der Waals surface area contributed by atoms with E-state index in [9.17, 15) is 9.18 Å². The summed E-state index contributed by atoms with van der Waals surface area (Å²) in [5.41, 5.74) is 0.320. The maximum absolute atomic E-state index is 13.7. The van der Waals surface area contributed by atoms with Gasteiger partial charge in [-0.2, -0.15) is 0 Å². The third-order valence-corrected chi connectivity index (χ3v) is 3.76. The molecule has 1 aromatic carbocycles. The number of amides is 1. The zero-order valence-corrected chi connectivity index (χ0v) is 11.8. The van der Waals surface area contributed by atoms with Crippen LogP contribution in [0.25, 0.3) is 0 Å². The molecule has 0 spiro atoms. The number of halogens is 2. The lowest BCUT2D eigenvalue weighted by Gasteiger charge is -2.20. The molecule has 0 aliphatic carbocycles. The number of rotatable bonds is 3. The number of hydrogen-bond acceptors (Lipinski definition) is 2. The minimum atomic E-state index is -0.376. The molecule has 1 heterocycles. The van der Waals surface area contributed by atoms with Gasteiger partial charge in [-0.3, -0.25) is 4.79 Å². The molecule has 2 rings (SSSR count). The summed E-state index contributed by atoms with van der Waals surface area (Å²) in [6, 6.07) is 4.61. The molecule has 1 N–H and O–H groups in total. The molecular formula is C13H16BrFN2O. The molecule has 1 amide bonds. The van der Waals surface area contributed by atoms with Gasteiger partial charge in [-0.15, -0.1) is 0 Å². The second-order valence-electron chi connectivity index (χ2n) is 4.61. The molecule has 3 nitrogen and oxygen atoms in total. The van der Waals surface area contributed by atoms with E-state index in [2.05, 4.69) is 21.2 Å². The summed E-state index contributed by atoms with van der Waals surface area (Å²) in [5.74, 6) is -0.0468. The average molecular weight is 315 g/mol. The highest BCUT2D eigenvalue weighted by atomic mass is 79.9. The zero-order valence-electron chi connectivity index (χ0n) is 10.2. The van der Waals surface area contributed by atoms with Gasteiger partial charge in [-0.05, 0) is 43.6 Å². The average Bonchev–Trinajstić information content (AvgIpc) is 2.84. The van der Waals surface area contributed by atoms with Gasteiger partial charge in [0, 0.05) is 17.9 Å². The van der Waals surface area contributed by atoms with Crippen LogP contribution in [0.15, 0.2) is 22.7 Å². The Morgan fingerprint density at radius 3 is 3.06 bits per heavy atom. The Morgan fingerprint density at radius 1 is 1.61 bits per heavy atom. The summed E-state index contributed by atoms with van der Waals surface area (Å²) < 4.78 is 14.4. The van der Waals surface area contributed by atoms with Gasteiger partial charge in [0.1, 0.15) is 5.82 Å². The van der Waals surface area contributed by atoms with Gasteiger partial charge in [-0.25, -0.2) is 4.39 Å². The van der Waals surface area contributed by atoms with Crippen molar-refractivity contribution in [3.05, 3.63) is 28.5 Å². The fourth-order valence-corrected chi connectivity index (χ4v) is 2.50. The Kier molecular flexibility index (Phi) is 4.35. The quantitative estimate of drug-likeness (QED) is 0.930. The Hall–Kier alpha value is -0.940. The minimum absolute atomic E-state index is 0.0410. The molecule has 0 bridgehead atoms. The highest BCUT2D eigenvalue weighted by molar-refractivity contribution is 9.10. The zero-order chi connectivity index (χ0) is 13.1. The van der Waals surface area contributed by atoms with Gasteiger partial charge in [0.15, 0.2) is 0 Å². The van der Waals surface area contributed by atoms with Crippen LogP contribution >= 0.6 is 15.9 Å². The van der Waals surface area contributed by atoms with Crippen molar-refractivity contribution in [3.63, 3.8) is 0 Å². The molecule has 0 aromatic heterocycles. The summed E-state index contributed by atoms with van der Waals surface area (Å²) in [6.07, 6.45) is 1.48. The number of benzene rings is 1. The normalized spacial score (nSPS) is 18.9. The number of carbonyl (C=O) groups excluding carboxylic acids is 1. The lowest BCUT2D eigenvalue weighted by atomic mass is 10.0. The third kappa shape index (κ3) is 3.09. The van der Waals surface area contributed by atoms with E-state index in [0.717, 1.165) is 24.0 Å². The van der Waals surface area contributed by atoms with E-state index in [4.69, 9.17) is 0 Å². The van der Waals surface area contributed by atoms with E-state index >= 15 is 0 Å². The fraction of sp³-hybridized carbons (Fsp3) is 0.462. The second-order valence-corrected chi connectivity index (χ2v) is 5.53. The highest BCUT2D eigenvalue weighted by Crippen LogP contribution is 2.24. The fourth-order valence-electron chi connectivity index (χ4n) is 2.15. The SMILES string of the molecule is CN(C(=O)CC1CCNC1)c1cc(Br)ccc1F. The van der Waals surface area contributed by atoms with Crippen LogP contribution in [-0.2, 0) is 4.79 Å². The van der Waals surface area contributed by atoms with Crippen molar-refractivity contribution in [2.24, 2.45) is 5.92 Å². The van der Waals surface area contributed by atoms with Crippen LogP contribution < -0.4 is 10.2 Å². The Balaban J connectivity index is 2.07. The second kappa shape index (κ2) is 5.80. The number of anilines is 1. The van der Waals surface area contributed by atoms with Gasteiger partial charge < -0.3 is 10.2 Å². The molecule has 1 aliphatic rings. The monoisotopic (exact) mass is 314 g/mol. The van der Waals surface area contributed by atoms with Gasteiger partial charge in [0.2, 0.25) is 5.91 Å². The van der Waals surface area contributed by atoms with Gasteiger partial charge in [-0.1, -0.05) is 15.9 Å². The Bertz CT molecular complexity index is 447. The maximum Gasteiger partial charge on any atom is 0.227 e. The number of carbonyl (C=O) groups is 1. The van der Waals surface area contributed by atoms with Crippen LogP contribution in [0.1, 0.15) is 12.8 Å². The van der Waals surface area contributed by atoms with Crippen LogP contribution in [0.2, 0.25) is 0 Å². The molecule has 1 saturated heterocycles. The van der Waals surface area contributed by atoms with E-state index in [1.54, 1.807) is 19.2 Å². The summed E-state index contributed by atoms with van der Waals surface area (Å²) in [7, 11) is 1.62. The first-order chi connectivity index (χ1) is 8.58. The van der Waals surface area contributed by atoms with Crippen molar-refractivity contribution in [1.29, 1.82) is 0 Å². The van der Waals surface area contributed by atoms with E-state index < -0.39 is 0 Å². The summed E-state index contributed by atoms with van der Waals surface area (Å²) >= 11 is 3.29. The third-order valence-electron chi connectivity index (χ3n) is 3.27. The molecule has 0 radical (unpaired) electrons. The molecule has 1 atom stereocenters. The Morgan fingerprint density at radius 2 is 2.39 bits per heavy atom. The lowest BCUT2D eigenvalue weighted by Crippen LogP contribution is -2.29. The largest absolute Gasteiger partial charge is 0.316 e. The van der Waals surface area contributed by atoms with E-state index in [1.165, 1.54) is 11.0 Å². The van der Waals surface area contributed by atoms with Gasteiger partial charge >= 0.3 is 0 Å². The minimum Gasteiger partial charge on any atom is -0.316 e. The molecule has 0 saturated carbocycles. The maximum atomic E-state index is 13.7. The summed E-state index contributed by atoms with van der Waals surface area (Å²) in [4.78, 5) is 13.5. The van der Waals surface area contributed by atoms with E-state index in [-0.39, 0.29) is 11.7 Å². The van der Waals surface area contributed by atoms with Crippen LogP contribution in [0.4, 0.5) is 10.1 Å². The Labute approximate surface area is 114 Å². The predicted molar refractivity (Wildman–Crippen MR) is 73.1 cm³/mol. The van der Waals surface area contributed by atoms with Gasteiger partial charge in [0.25, 0.3) is 0 Å². The molecule has 1 unspecified atom stereocenters. The molecular weight excluding hydrogens is 299 g/mol. The van der Waals surface area contributed by atoms with Gasteiger partial charge in [0.05, 0.1) is 5.69 Å². The highest BCUT2D eigenvalue weighted by Gasteiger charge is 2.22. The molecule has 5 heteroatoms. The first-order valence-corrected chi connectivity index (χ1v) is 6.79. The number of hydrogen-bond donors (Lipinski definition) is 1. The van der Waals surface area contributed by atoms with Crippen molar-refractivity contribution in [1.82, 2.24) is 5.32 Å². The van der Waals surface area contributed by atoms with Crippen molar-refractivity contribution in [2.75, 3.05) is 25.0 Å². The smallest absolute Gasteiger partial charge is 0.227 e.